The van der Waals surface area contributed by atoms with Gasteiger partial charge in [0.05, 0.1) is 6.61 Å². The molecule has 2 unspecified atom stereocenters. The van der Waals surface area contributed by atoms with E-state index in [1.54, 1.807) is 0 Å². The van der Waals surface area contributed by atoms with Crippen LogP contribution >= 0.6 is 0 Å². The predicted molar refractivity (Wildman–Crippen MR) is 86.4 cm³/mol. The maximum absolute atomic E-state index is 8.75. The first-order valence-electron chi connectivity index (χ1n) is 8.11. The van der Waals surface area contributed by atoms with E-state index in [4.69, 9.17) is 9.84 Å². The molecule has 1 saturated carbocycles. The molecular weight excluding hydrogens is 260 g/mol. The van der Waals surface area contributed by atoms with Crippen LogP contribution in [0.1, 0.15) is 56.6 Å². The second-order valence-corrected chi connectivity index (χ2v) is 5.86. The highest BCUT2D eigenvalue weighted by Gasteiger charge is 2.25. The maximum atomic E-state index is 8.75. The molecule has 2 heteroatoms. The van der Waals surface area contributed by atoms with Crippen molar-refractivity contribution in [2.45, 2.75) is 58.5 Å². The third kappa shape index (κ3) is 4.51. The van der Waals surface area contributed by atoms with Gasteiger partial charge in [0.2, 0.25) is 0 Å². The number of hydrogen-bond acceptors (Lipinski definition) is 2. The smallest absolute Gasteiger partial charge is 0.122 e. The Bertz CT molecular complexity index is 510. The molecule has 0 radical (unpaired) electrons. The molecule has 1 aliphatic carbocycles. The molecule has 1 aliphatic rings. The maximum Gasteiger partial charge on any atom is 0.122 e. The second kappa shape index (κ2) is 8.10. The van der Waals surface area contributed by atoms with E-state index >= 15 is 0 Å². The van der Waals surface area contributed by atoms with E-state index in [1.807, 2.05) is 12.1 Å². The molecule has 1 fully saturated rings. The lowest BCUT2D eigenvalue weighted by Gasteiger charge is -2.31. The fraction of sp³-hybridized carbons (Fsp3) is 0.579. The predicted octanol–water partition coefficient (Wildman–Crippen LogP) is 4.08. The number of rotatable bonds is 4. The highest BCUT2D eigenvalue weighted by molar-refractivity contribution is 5.43. The summed E-state index contributed by atoms with van der Waals surface area (Å²) in [6, 6.07) is 6.12. The summed E-state index contributed by atoms with van der Waals surface area (Å²) in [7, 11) is 0. The van der Waals surface area contributed by atoms with Crippen molar-refractivity contribution in [1.29, 1.82) is 0 Å². The highest BCUT2D eigenvalue weighted by Crippen LogP contribution is 2.31. The van der Waals surface area contributed by atoms with E-state index < -0.39 is 0 Å². The van der Waals surface area contributed by atoms with Crippen molar-refractivity contribution in [2.75, 3.05) is 6.61 Å². The Labute approximate surface area is 128 Å². The van der Waals surface area contributed by atoms with Crippen LogP contribution in [0.3, 0.4) is 0 Å². The molecule has 1 N–H and O–H groups in total. The monoisotopic (exact) mass is 286 g/mol. The molecule has 21 heavy (non-hydrogen) atoms. The zero-order chi connectivity index (χ0) is 15.1. The summed E-state index contributed by atoms with van der Waals surface area (Å²) in [6.07, 6.45) is 7.20. The average Bonchev–Trinajstić information content (AvgIpc) is 2.50. The van der Waals surface area contributed by atoms with Crippen LogP contribution in [0.4, 0.5) is 0 Å². The standard InChI is InChI=1S/C19H26O2/c1-3-17-9-4-5-10-19(17)21-18-12-11-16(14-15(18)2)8-6-7-13-20/h11-12,14,17,19-20H,3-5,7,9-10,13H2,1-2H3. The third-order valence-corrected chi connectivity index (χ3v) is 4.29. The van der Waals surface area contributed by atoms with Crippen molar-refractivity contribution in [1.82, 2.24) is 0 Å². The topological polar surface area (TPSA) is 29.5 Å². The molecule has 0 amide bonds. The van der Waals surface area contributed by atoms with Crippen LogP contribution < -0.4 is 4.74 Å². The normalized spacial score (nSPS) is 21.5. The minimum Gasteiger partial charge on any atom is -0.490 e. The van der Waals surface area contributed by atoms with Crippen molar-refractivity contribution >= 4 is 0 Å². The summed E-state index contributed by atoms with van der Waals surface area (Å²) in [5, 5.41) is 8.75. The van der Waals surface area contributed by atoms with Gasteiger partial charge in [-0.05, 0) is 62.3 Å². The van der Waals surface area contributed by atoms with Crippen LogP contribution in [-0.4, -0.2) is 17.8 Å². The lowest BCUT2D eigenvalue weighted by molar-refractivity contribution is 0.0897. The Morgan fingerprint density at radius 3 is 2.81 bits per heavy atom. The van der Waals surface area contributed by atoms with Crippen LogP contribution in [0.5, 0.6) is 5.75 Å². The van der Waals surface area contributed by atoms with Gasteiger partial charge in [-0.2, -0.15) is 0 Å². The van der Waals surface area contributed by atoms with Crippen LogP contribution in [0.25, 0.3) is 0 Å². The molecule has 0 aromatic heterocycles. The number of benzene rings is 1. The number of aryl methyl sites for hydroxylation is 1. The molecule has 0 spiro atoms. The van der Waals surface area contributed by atoms with Crippen molar-refractivity contribution < 1.29 is 9.84 Å². The van der Waals surface area contributed by atoms with E-state index in [9.17, 15) is 0 Å². The molecule has 114 valence electrons. The summed E-state index contributed by atoms with van der Waals surface area (Å²) in [4.78, 5) is 0. The van der Waals surface area contributed by atoms with Gasteiger partial charge >= 0.3 is 0 Å². The van der Waals surface area contributed by atoms with Crippen molar-refractivity contribution in [3.8, 4) is 17.6 Å². The second-order valence-electron chi connectivity index (χ2n) is 5.86. The van der Waals surface area contributed by atoms with Gasteiger partial charge in [0.15, 0.2) is 0 Å². The molecule has 0 heterocycles. The van der Waals surface area contributed by atoms with Gasteiger partial charge in [-0.25, -0.2) is 0 Å². The highest BCUT2D eigenvalue weighted by atomic mass is 16.5. The Morgan fingerprint density at radius 1 is 1.29 bits per heavy atom. The molecule has 1 aromatic rings. The summed E-state index contributed by atoms with van der Waals surface area (Å²) in [6.45, 7) is 4.46. The van der Waals surface area contributed by atoms with Crippen LogP contribution in [0.2, 0.25) is 0 Å². The summed E-state index contributed by atoms with van der Waals surface area (Å²) in [5.41, 5.74) is 2.13. The first-order chi connectivity index (χ1) is 10.2. The Morgan fingerprint density at radius 2 is 2.10 bits per heavy atom. The SMILES string of the molecule is CCC1CCCCC1Oc1ccc(C#CCCO)cc1C. The van der Waals surface area contributed by atoms with E-state index in [0.717, 1.165) is 16.9 Å². The quantitative estimate of drug-likeness (QED) is 0.845. The van der Waals surface area contributed by atoms with Gasteiger partial charge < -0.3 is 9.84 Å². The number of ether oxygens (including phenoxy) is 1. The van der Waals surface area contributed by atoms with Crippen LogP contribution in [0.15, 0.2) is 18.2 Å². The van der Waals surface area contributed by atoms with Crippen LogP contribution in [-0.2, 0) is 0 Å². The van der Waals surface area contributed by atoms with E-state index in [1.165, 1.54) is 32.1 Å². The average molecular weight is 286 g/mol. The van der Waals surface area contributed by atoms with Gasteiger partial charge in [-0.1, -0.05) is 25.2 Å². The zero-order valence-electron chi connectivity index (χ0n) is 13.2. The molecule has 1 aromatic carbocycles. The summed E-state index contributed by atoms with van der Waals surface area (Å²) < 4.78 is 6.28. The van der Waals surface area contributed by atoms with Crippen molar-refractivity contribution in [2.24, 2.45) is 5.92 Å². The lowest BCUT2D eigenvalue weighted by atomic mass is 9.84. The first kappa shape index (κ1) is 15.9. The minimum absolute atomic E-state index is 0.118. The van der Waals surface area contributed by atoms with E-state index in [2.05, 4.69) is 31.8 Å². The molecule has 2 rings (SSSR count). The molecule has 0 aliphatic heterocycles. The first-order valence-corrected chi connectivity index (χ1v) is 8.11. The van der Waals surface area contributed by atoms with Gasteiger partial charge in [0, 0.05) is 12.0 Å². The van der Waals surface area contributed by atoms with Crippen LogP contribution in [0, 0.1) is 24.7 Å². The molecule has 2 nitrogen and oxygen atoms in total. The molecule has 0 bridgehead atoms. The Balaban J connectivity index is 2.05. The van der Waals surface area contributed by atoms with Gasteiger partial charge in [-0.15, -0.1) is 0 Å². The Kier molecular flexibility index (Phi) is 6.14. The molecule has 0 saturated heterocycles. The van der Waals surface area contributed by atoms with E-state index in [-0.39, 0.29) is 6.61 Å². The number of hydrogen-bond donors (Lipinski definition) is 1. The summed E-state index contributed by atoms with van der Waals surface area (Å²) in [5.74, 6) is 7.72. The fourth-order valence-corrected chi connectivity index (χ4v) is 3.04. The van der Waals surface area contributed by atoms with Crippen molar-refractivity contribution in [3.05, 3.63) is 29.3 Å². The van der Waals surface area contributed by atoms with Gasteiger partial charge in [0.1, 0.15) is 11.9 Å². The van der Waals surface area contributed by atoms with Gasteiger partial charge in [-0.3, -0.25) is 0 Å². The van der Waals surface area contributed by atoms with E-state index in [0.29, 0.717) is 18.4 Å². The third-order valence-electron chi connectivity index (χ3n) is 4.29. The zero-order valence-corrected chi connectivity index (χ0v) is 13.2. The lowest BCUT2D eigenvalue weighted by Crippen LogP contribution is -2.30. The Hall–Kier alpha value is -1.46. The van der Waals surface area contributed by atoms with Crippen molar-refractivity contribution in [3.63, 3.8) is 0 Å². The van der Waals surface area contributed by atoms with Gasteiger partial charge in [0.25, 0.3) is 0 Å². The molecular formula is C19H26O2. The largest absolute Gasteiger partial charge is 0.490 e. The fourth-order valence-electron chi connectivity index (χ4n) is 3.04. The number of aliphatic hydroxyl groups is 1. The minimum atomic E-state index is 0.118. The summed E-state index contributed by atoms with van der Waals surface area (Å²) >= 11 is 0. The molecule has 2 atom stereocenters. The number of aliphatic hydroxyl groups excluding tert-OH is 1.